The highest BCUT2D eigenvalue weighted by Crippen LogP contribution is 2.34. The van der Waals surface area contributed by atoms with E-state index in [0.717, 1.165) is 22.6 Å². The third kappa shape index (κ3) is 4.41. The summed E-state index contributed by atoms with van der Waals surface area (Å²) < 4.78 is 12.8. The van der Waals surface area contributed by atoms with Crippen LogP contribution < -0.4 is 9.64 Å². The third-order valence-corrected chi connectivity index (χ3v) is 7.52. The summed E-state index contributed by atoms with van der Waals surface area (Å²) in [4.78, 5) is 45.0. The molecule has 2 aliphatic heterocycles. The Morgan fingerprint density at radius 3 is 2.40 bits per heavy atom. The number of carbonyl (C=O) groups excluding carboxylic acids is 3. The van der Waals surface area contributed by atoms with Gasteiger partial charge >= 0.3 is 0 Å². The fourth-order valence-electron chi connectivity index (χ4n) is 5.37. The van der Waals surface area contributed by atoms with Crippen LogP contribution in [-0.4, -0.2) is 70.6 Å². The predicted molar refractivity (Wildman–Crippen MR) is 147 cm³/mol. The van der Waals surface area contributed by atoms with Crippen molar-refractivity contribution in [2.24, 2.45) is 7.05 Å². The van der Waals surface area contributed by atoms with Crippen molar-refractivity contribution in [3.05, 3.63) is 88.9 Å². The van der Waals surface area contributed by atoms with Gasteiger partial charge in [-0.2, -0.15) is 5.10 Å². The number of piperazine rings is 1. The first-order chi connectivity index (χ1) is 19.3. The summed E-state index contributed by atoms with van der Waals surface area (Å²) in [7, 11) is 3.42. The molecule has 10 nitrogen and oxygen atoms in total. The largest absolute Gasteiger partial charge is 0.497 e. The number of hydrogen-bond donors (Lipinski definition) is 0. The molecule has 1 fully saturated rings. The van der Waals surface area contributed by atoms with Gasteiger partial charge in [-0.3, -0.25) is 24.0 Å². The van der Waals surface area contributed by atoms with Crippen LogP contribution in [0.1, 0.15) is 42.5 Å². The van der Waals surface area contributed by atoms with Crippen LogP contribution in [0.3, 0.4) is 0 Å². The van der Waals surface area contributed by atoms with Gasteiger partial charge in [0.1, 0.15) is 11.5 Å². The molecule has 1 saturated heterocycles. The fourth-order valence-corrected chi connectivity index (χ4v) is 5.37. The first-order valence-electron chi connectivity index (χ1n) is 13.1. The van der Waals surface area contributed by atoms with Crippen molar-refractivity contribution in [3.63, 3.8) is 0 Å². The quantitative estimate of drug-likeness (QED) is 0.344. The highest BCUT2D eigenvalue weighted by atomic mass is 16.5. The number of methoxy groups -OCH3 is 1. The molecule has 10 heteroatoms. The molecule has 0 aliphatic carbocycles. The SMILES string of the molecule is COc1ccc(-c2ccc(C(=O)N3CCN(c4cccc5c4C(=O)N(Cc4cn(C)nc4C)C5=O)CC3)o2)cc1. The number of fused-ring (bicyclic) bond motifs is 1. The summed E-state index contributed by atoms with van der Waals surface area (Å²) in [5.74, 6) is 0.849. The standard InChI is InChI=1S/C30H29N5O5/c1-19-21(17-32(2)31-19)18-35-28(36)23-5-4-6-24(27(23)30(35)38)33-13-15-34(16-14-33)29(37)26-12-11-25(40-26)20-7-9-22(39-3)10-8-20/h4-12,17H,13-16,18H2,1-3H3. The highest BCUT2D eigenvalue weighted by Gasteiger charge is 2.39. The van der Waals surface area contributed by atoms with Crippen LogP contribution in [0.15, 0.2) is 65.2 Å². The van der Waals surface area contributed by atoms with Gasteiger partial charge < -0.3 is 19.0 Å². The fraction of sp³-hybridized carbons (Fsp3) is 0.267. The Labute approximate surface area is 231 Å². The molecule has 0 spiro atoms. The normalized spacial score (nSPS) is 15.1. The number of nitrogens with zero attached hydrogens (tertiary/aromatic N) is 5. The molecular formula is C30H29N5O5. The number of carbonyl (C=O) groups is 3. The number of rotatable bonds is 6. The Balaban J connectivity index is 1.14. The van der Waals surface area contributed by atoms with E-state index < -0.39 is 0 Å². The molecule has 0 bridgehead atoms. The van der Waals surface area contributed by atoms with Crippen molar-refractivity contribution < 1.29 is 23.5 Å². The summed E-state index contributed by atoms with van der Waals surface area (Å²) >= 11 is 0. The van der Waals surface area contributed by atoms with Crippen LogP contribution in [0, 0.1) is 6.92 Å². The topological polar surface area (TPSA) is 101 Å². The van der Waals surface area contributed by atoms with Gasteiger partial charge in [-0.15, -0.1) is 0 Å². The van der Waals surface area contributed by atoms with Gasteiger partial charge in [0, 0.05) is 50.6 Å². The minimum atomic E-state index is -0.306. The average Bonchev–Trinajstić information content (AvgIpc) is 3.66. The van der Waals surface area contributed by atoms with E-state index in [1.165, 1.54) is 4.90 Å². The first-order valence-corrected chi connectivity index (χ1v) is 13.1. The van der Waals surface area contributed by atoms with Gasteiger partial charge in [-0.1, -0.05) is 6.07 Å². The van der Waals surface area contributed by atoms with Crippen molar-refractivity contribution in [1.82, 2.24) is 19.6 Å². The maximum atomic E-state index is 13.5. The number of benzene rings is 2. The number of hydrogen-bond acceptors (Lipinski definition) is 7. The molecule has 0 saturated carbocycles. The molecule has 0 radical (unpaired) electrons. The third-order valence-electron chi connectivity index (χ3n) is 7.52. The molecule has 0 unspecified atom stereocenters. The van der Waals surface area contributed by atoms with Gasteiger partial charge in [0.25, 0.3) is 17.7 Å². The van der Waals surface area contributed by atoms with E-state index in [9.17, 15) is 14.4 Å². The molecule has 4 heterocycles. The second kappa shape index (κ2) is 10.0. The zero-order valence-electron chi connectivity index (χ0n) is 22.6. The van der Waals surface area contributed by atoms with Crippen LogP contribution in [0.4, 0.5) is 5.69 Å². The number of imide groups is 1. The molecule has 0 N–H and O–H groups in total. The van der Waals surface area contributed by atoms with E-state index in [1.807, 2.05) is 50.5 Å². The van der Waals surface area contributed by atoms with Crippen LogP contribution in [-0.2, 0) is 13.6 Å². The summed E-state index contributed by atoms with van der Waals surface area (Å²) in [6.07, 6.45) is 1.83. The number of aryl methyl sites for hydroxylation is 2. The molecule has 6 rings (SSSR count). The molecule has 3 amide bonds. The van der Waals surface area contributed by atoms with Crippen molar-refractivity contribution in [2.75, 3.05) is 38.2 Å². The van der Waals surface area contributed by atoms with Gasteiger partial charge in [0.05, 0.1) is 36.2 Å². The van der Waals surface area contributed by atoms with E-state index in [-0.39, 0.29) is 30.0 Å². The maximum absolute atomic E-state index is 13.5. The summed E-state index contributed by atoms with van der Waals surface area (Å²) in [5.41, 5.74) is 4.02. The monoisotopic (exact) mass is 539 g/mol. The van der Waals surface area contributed by atoms with Crippen LogP contribution in [0.25, 0.3) is 11.3 Å². The lowest BCUT2D eigenvalue weighted by Gasteiger charge is -2.36. The van der Waals surface area contributed by atoms with Crippen molar-refractivity contribution >= 4 is 23.4 Å². The molecule has 4 aromatic rings. The van der Waals surface area contributed by atoms with Crippen LogP contribution in [0.5, 0.6) is 5.75 Å². The maximum Gasteiger partial charge on any atom is 0.289 e. The number of aromatic nitrogens is 2. The van der Waals surface area contributed by atoms with Gasteiger partial charge in [-0.25, -0.2) is 0 Å². The molecule has 2 aromatic heterocycles. The zero-order chi connectivity index (χ0) is 28.0. The zero-order valence-corrected chi connectivity index (χ0v) is 22.6. The summed E-state index contributed by atoms with van der Waals surface area (Å²) in [6.45, 7) is 4.01. The van der Waals surface area contributed by atoms with E-state index in [0.29, 0.717) is 48.8 Å². The molecule has 204 valence electrons. The Kier molecular flexibility index (Phi) is 6.37. The summed E-state index contributed by atoms with van der Waals surface area (Å²) in [6, 6.07) is 16.3. The summed E-state index contributed by atoms with van der Waals surface area (Å²) in [5, 5.41) is 4.33. The van der Waals surface area contributed by atoms with Crippen molar-refractivity contribution in [3.8, 4) is 17.1 Å². The van der Waals surface area contributed by atoms with Crippen LogP contribution in [0.2, 0.25) is 0 Å². The highest BCUT2D eigenvalue weighted by molar-refractivity contribution is 6.23. The van der Waals surface area contributed by atoms with Crippen LogP contribution >= 0.6 is 0 Å². The van der Waals surface area contributed by atoms with Gasteiger partial charge in [-0.05, 0) is 55.5 Å². The molecule has 2 aliphatic rings. The van der Waals surface area contributed by atoms with E-state index >= 15 is 0 Å². The molecule has 0 atom stereocenters. The Morgan fingerprint density at radius 1 is 0.975 bits per heavy atom. The average molecular weight is 540 g/mol. The predicted octanol–water partition coefficient (Wildman–Crippen LogP) is 3.76. The van der Waals surface area contributed by atoms with E-state index in [2.05, 4.69) is 10.00 Å². The second-order valence-electron chi connectivity index (χ2n) is 9.98. The van der Waals surface area contributed by atoms with Crippen molar-refractivity contribution in [1.29, 1.82) is 0 Å². The van der Waals surface area contributed by atoms with Crippen molar-refractivity contribution in [2.45, 2.75) is 13.5 Å². The number of amides is 3. The Morgan fingerprint density at radius 2 is 1.73 bits per heavy atom. The molecular weight excluding hydrogens is 510 g/mol. The van der Waals surface area contributed by atoms with E-state index in [4.69, 9.17) is 9.15 Å². The number of furan rings is 1. The van der Waals surface area contributed by atoms with E-state index in [1.54, 1.807) is 41.0 Å². The number of anilines is 1. The lowest BCUT2D eigenvalue weighted by molar-refractivity contribution is 0.0640. The first kappa shape index (κ1) is 25.4. The number of ether oxygens (including phenoxy) is 1. The Bertz CT molecular complexity index is 1610. The molecule has 40 heavy (non-hydrogen) atoms. The van der Waals surface area contributed by atoms with Gasteiger partial charge in [0.15, 0.2) is 5.76 Å². The Hall–Kier alpha value is -4.86. The van der Waals surface area contributed by atoms with Gasteiger partial charge in [0.2, 0.25) is 0 Å². The second-order valence-corrected chi connectivity index (χ2v) is 9.98. The minimum absolute atomic E-state index is 0.176. The lowest BCUT2D eigenvalue weighted by atomic mass is 10.1. The lowest BCUT2D eigenvalue weighted by Crippen LogP contribution is -2.49. The smallest absolute Gasteiger partial charge is 0.289 e. The minimum Gasteiger partial charge on any atom is -0.497 e. The molecule has 2 aromatic carbocycles.